The molecule has 0 aliphatic carbocycles. The molecule has 11 nitrogen and oxygen atoms in total. The monoisotopic (exact) mass is 979 g/mol. The van der Waals surface area contributed by atoms with Crippen molar-refractivity contribution in [3.63, 3.8) is 0 Å². The second-order valence-corrected chi connectivity index (χ2v) is 20.5. The SMILES string of the molecule is CCCCCCCCCCCCCCCCCC(=O)OCC(CSSc1ccc(COC(=O)OC(C)n2cc(F)c(=O)[nH]c2=O)cc1)OC(=O)CCCCCCCCCCCCCCCCC. The van der Waals surface area contributed by atoms with E-state index in [1.54, 1.807) is 12.1 Å². The van der Waals surface area contributed by atoms with Crippen LogP contribution in [0.5, 0.6) is 0 Å². The molecule has 0 spiro atoms. The zero-order valence-electron chi connectivity index (χ0n) is 41.6. The van der Waals surface area contributed by atoms with E-state index in [2.05, 4.69) is 13.8 Å². The Bertz CT molecular complexity index is 1690. The number of unbranched alkanes of at least 4 members (excludes halogenated alkanes) is 28. The lowest BCUT2D eigenvalue weighted by Crippen LogP contribution is -2.34. The zero-order valence-corrected chi connectivity index (χ0v) is 43.2. The molecule has 1 aromatic heterocycles. The molecule has 1 heterocycles. The largest absolute Gasteiger partial charge is 0.510 e. The topological polar surface area (TPSA) is 143 Å². The van der Waals surface area contributed by atoms with Gasteiger partial charge in [0.1, 0.15) is 19.3 Å². The Balaban J connectivity index is 1.71. The molecule has 14 heteroatoms. The van der Waals surface area contributed by atoms with Gasteiger partial charge in [0.05, 0.1) is 6.20 Å². The fraction of sp³-hybridized carbons (Fsp3) is 0.755. The molecular formula is C53H87FN2O9S2. The maximum absolute atomic E-state index is 13.6. The summed E-state index contributed by atoms with van der Waals surface area (Å²) in [6.07, 6.45) is 36.3. The molecule has 0 fully saturated rings. The molecule has 382 valence electrons. The lowest BCUT2D eigenvalue weighted by molar-refractivity contribution is -0.157. The van der Waals surface area contributed by atoms with Gasteiger partial charge in [-0.3, -0.25) is 23.9 Å². The third-order valence-electron chi connectivity index (χ3n) is 12.0. The van der Waals surface area contributed by atoms with E-state index in [-0.39, 0.29) is 25.2 Å². The second-order valence-electron chi connectivity index (χ2n) is 18.1. The van der Waals surface area contributed by atoms with Gasteiger partial charge in [0, 0.05) is 23.5 Å². The number of aromatic nitrogens is 2. The van der Waals surface area contributed by atoms with Gasteiger partial charge in [0.25, 0.3) is 5.56 Å². The number of ether oxygens (including phenoxy) is 4. The van der Waals surface area contributed by atoms with Crippen LogP contribution in [0.2, 0.25) is 0 Å². The molecular weight excluding hydrogens is 892 g/mol. The van der Waals surface area contributed by atoms with Crippen LogP contribution < -0.4 is 11.2 Å². The Hall–Kier alpha value is -3.26. The van der Waals surface area contributed by atoms with Crippen molar-refractivity contribution in [3.05, 3.63) is 62.7 Å². The van der Waals surface area contributed by atoms with Crippen LogP contribution in [0, 0.1) is 5.82 Å². The minimum absolute atomic E-state index is 0.0203. The van der Waals surface area contributed by atoms with Crippen molar-refractivity contribution in [2.45, 2.75) is 250 Å². The first-order valence-electron chi connectivity index (χ1n) is 26.2. The lowest BCUT2D eigenvalue weighted by Gasteiger charge is -2.18. The van der Waals surface area contributed by atoms with Gasteiger partial charge in [-0.1, -0.05) is 227 Å². The molecule has 0 aliphatic heterocycles. The molecule has 0 aliphatic rings. The van der Waals surface area contributed by atoms with Crippen LogP contribution >= 0.6 is 21.6 Å². The summed E-state index contributed by atoms with van der Waals surface area (Å²) in [6.45, 7) is 5.77. The smallest absolute Gasteiger partial charge is 0.462 e. The average Bonchev–Trinajstić information content (AvgIpc) is 3.31. The maximum atomic E-state index is 13.6. The number of carbonyl (C=O) groups is 3. The van der Waals surface area contributed by atoms with Gasteiger partial charge in [-0.2, -0.15) is 4.39 Å². The minimum Gasteiger partial charge on any atom is -0.462 e. The van der Waals surface area contributed by atoms with E-state index in [0.717, 1.165) is 48.0 Å². The van der Waals surface area contributed by atoms with E-state index >= 15 is 0 Å². The van der Waals surface area contributed by atoms with E-state index in [4.69, 9.17) is 18.9 Å². The standard InChI is InChI=1S/C53H87FN2O9S2/c1-4-6-8-10-12-14-16-18-20-22-24-26-28-30-32-34-49(57)62-42-46(65-50(58)35-33-31-29-27-25-23-21-19-17-15-13-11-9-7-5-2)43-66-67-47-38-36-45(37-39-47)41-63-53(61)64-44(3)56-40-48(54)51(59)55-52(56)60/h36-40,44,46H,4-35,41-43H2,1-3H3,(H,55,59,60). The highest BCUT2D eigenvalue weighted by Gasteiger charge is 2.19. The second kappa shape index (κ2) is 40.6. The van der Waals surface area contributed by atoms with Crippen LogP contribution in [0.1, 0.15) is 238 Å². The fourth-order valence-electron chi connectivity index (χ4n) is 7.82. The molecule has 2 unspecified atom stereocenters. The number of esters is 2. The third-order valence-corrected chi connectivity index (χ3v) is 14.4. The van der Waals surface area contributed by atoms with Crippen molar-refractivity contribution in [3.8, 4) is 0 Å². The maximum Gasteiger partial charge on any atom is 0.510 e. The van der Waals surface area contributed by atoms with E-state index in [1.165, 1.54) is 183 Å². The Morgan fingerprint density at radius 1 is 0.597 bits per heavy atom. The number of hydrogen-bond donors (Lipinski definition) is 1. The summed E-state index contributed by atoms with van der Waals surface area (Å²) >= 11 is 0. The van der Waals surface area contributed by atoms with Gasteiger partial charge in [0.15, 0.2) is 6.23 Å². The van der Waals surface area contributed by atoms with Gasteiger partial charge in [-0.25, -0.2) is 9.59 Å². The quantitative estimate of drug-likeness (QED) is 0.0293. The van der Waals surface area contributed by atoms with E-state index in [1.807, 2.05) is 17.1 Å². The number of benzene rings is 1. The zero-order chi connectivity index (χ0) is 48.6. The summed E-state index contributed by atoms with van der Waals surface area (Å²) in [5.41, 5.74) is -1.41. The Morgan fingerprint density at radius 2 is 1.03 bits per heavy atom. The van der Waals surface area contributed by atoms with Gasteiger partial charge in [-0.15, -0.1) is 0 Å². The first-order chi connectivity index (χ1) is 32.6. The number of halogens is 1. The number of aromatic amines is 1. The van der Waals surface area contributed by atoms with Gasteiger partial charge in [0.2, 0.25) is 5.82 Å². The van der Waals surface area contributed by atoms with Crippen molar-refractivity contribution in [1.82, 2.24) is 9.55 Å². The average molecular weight is 979 g/mol. The van der Waals surface area contributed by atoms with Crippen LogP contribution in [-0.4, -0.2) is 46.1 Å². The minimum atomic E-state index is -1.22. The Kier molecular flexibility index (Phi) is 36.3. The Morgan fingerprint density at radius 3 is 1.49 bits per heavy atom. The van der Waals surface area contributed by atoms with Gasteiger partial charge < -0.3 is 18.9 Å². The van der Waals surface area contributed by atoms with Crippen molar-refractivity contribution in [2.75, 3.05) is 12.4 Å². The summed E-state index contributed by atoms with van der Waals surface area (Å²) in [5.74, 6) is -1.28. The summed E-state index contributed by atoms with van der Waals surface area (Å²) in [7, 11) is 2.98. The van der Waals surface area contributed by atoms with Crippen LogP contribution in [0.3, 0.4) is 0 Å². The van der Waals surface area contributed by atoms with Crippen molar-refractivity contribution in [1.29, 1.82) is 0 Å². The number of rotatable bonds is 43. The van der Waals surface area contributed by atoms with E-state index < -0.39 is 35.6 Å². The van der Waals surface area contributed by atoms with Crippen LogP contribution in [-0.2, 0) is 35.1 Å². The van der Waals surface area contributed by atoms with Gasteiger partial charge >= 0.3 is 23.8 Å². The fourth-order valence-corrected chi connectivity index (χ4v) is 9.99. The summed E-state index contributed by atoms with van der Waals surface area (Å²) in [6, 6.07) is 7.30. The molecule has 0 saturated carbocycles. The highest BCUT2D eigenvalue weighted by atomic mass is 33.1. The summed E-state index contributed by atoms with van der Waals surface area (Å²) in [5, 5.41) is 0. The number of nitrogens with zero attached hydrogens (tertiary/aromatic N) is 1. The molecule has 0 saturated heterocycles. The molecule has 1 aromatic carbocycles. The van der Waals surface area contributed by atoms with E-state index in [9.17, 15) is 28.4 Å². The predicted molar refractivity (Wildman–Crippen MR) is 272 cm³/mol. The number of carbonyl (C=O) groups excluding carboxylic acids is 3. The van der Waals surface area contributed by atoms with Crippen LogP contribution in [0.4, 0.5) is 9.18 Å². The van der Waals surface area contributed by atoms with Crippen LogP contribution in [0.15, 0.2) is 44.9 Å². The summed E-state index contributed by atoms with van der Waals surface area (Å²) in [4.78, 5) is 63.9. The molecule has 67 heavy (non-hydrogen) atoms. The normalized spacial score (nSPS) is 12.2. The third kappa shape index (κ3) is 32.2. The Labute approximate surface area is 410 Å². The van der Waals surface area contributed by atoms with E-state index in [0.29, 0.717) is 30.4 Å². The molecule has 2 rings (SSSR count). The molecule has 2 aromatic rings. The first-order valence-corrected chi connectivity index (χ1v) is 28.5. The number of nitrogens with one attached hydrogen (secondary N) is 1. The molecule has 0 radical (unpaired) electrons. The lowest BCUT2D eigenvalue weighted by atomic mass is 10.0. The highest BCUT2D eigenvalue weighted by molar-refractivity contribution is 8.76. The van der Waals surface area contributed by atoms with Crippen molar-refractivity contribution < 1.29 is 37.7 Å². The van der Waals surface area contributed by atoms with Crippen molar-refractivity contribution >= 4 is 39.7 Å². The predicted octanol–water partition coefficient (Wildman–Crippen LogP) is 15.3. The molecule has 2 atom stereocenters. The number of H-pyrrole nitrogens is 1. The number of hydrogen-bond acceptors (Lipinski definition) is 11. The van der Waals surface area contributed by atoms with Crippen LogP contribution in [0.25, 0.3) is 0 Å². The first kappa shape index (κ1) is 59.9. The molecule has 0 amide bonds. The highest BCUT2D eigenvalue weighted by Crippen LogP contribution is 2.32. The molecule has 1 N–H and O–H groups in total. The van der Waals surface area contributed by atoms with Crippen molar-refractivity contribution in [2.24, 2.45) is 0 Å². The summed E-state index contributed by atoms with van der Waals surface area (Å²) < 4.78 is 36.1. The molecule has 0 bridgehead atoms. The van der Waals surface area contributed by atoms with Gasteiger partial charge in [-0.05, 0) is 37.5 Å².